The molecule has 2 heterocycles. The fraction of sp³-hybridized carbons (Fsp3) is 0.417. The molecular formula is C24H28N2O2S6. The van der Waals surface area contributed by atoms with Crippen molar-refractivity contribution in [1.29, 1.82) is 0 Å². The van der Waals surface area contributed by atoms with Crippen LogP contribution in [-0.4, -0.2) is 43.7 Å². The van der Waals surface area contributed by atoms with Gasteiger partial charge >= 0.3 is 0 Å². The van der Waals surface area contributed by atoms with Gasteiger partial charge in [-0.3, -0.25) is 9.59 Å². The zero-order valence-corrected chi connectivity index (χ0v) is 23.7. The average molecular weight is 569 g/mol. The second kappa shape index (κ2) is 14.5. The topological polar surface area (TPSA) is 40.6 Å². The first-order valence-electron chi connectivity index (χ1n) is 11.5. The Bertz CT molecular complexity index is 852. The molecule has 2 aromatic rings. The molecule has 0 N–H and O–H groups in total. The molecular weight excluding hydrogens is 541 g/mol. The Morgan fingerprint density at radius 2 is 0.882 bits per heavy atom. The summed E-state index contributed by atoms with van der Waals surface area (Å²) in [6, 6.07) is 16.7. The van der Waals surface area contributed by atoms with Crippen LogP contribution < -0.4 is 0 Å². The zero-order valence-electron chi connectivity index (χ0n) is 18.9. The van der Waals surface area contributed by atoms with E-state index in [0.29, 0.717) is 0 Å². The van der Waals surface area contributed by atoms with Crippen molar-refractivity contribution in [3.8, 4) is 11.1 Å². The highest BCUT2D eigenvalue weighted by atomic mass is 33.1. The second-order valence-electron chi connectivity index (χ2n) is 8.04. The summed E-state index contributed by atoms with van der Waals surface area (Å²) in [5, 5.41) is 0. The van der Waals surface area contributed by atoms with Crippen molar-refractivity contribution in [3.05, 3.63) is 48.5 Å². The van der Waals surface area contributed by atoms with Gasteiger partial charge in [0, 0.05) is 59.9 Å². The third-order valence-electron chi connectivity index (χ3n) is 5.49. The molecule has 0 atom stereocenters. The Hall–Kier alpha value is -0.200. The van der Waals surface area contributed by atoms with Gasteiger partial charge in [0.2, 0.25) is 0 Å². The van der Waals surface area contributed by atoms with Crippen LogP contribution in [0.25, 0.3) is 11.1 Å². The average Bonchev–Trinajstić information content (AvgIpc) is 2.88. The fourth-order valence-electron chi connectivity index (χ4n) is 3.72. The predicted octanol–water partition coefficient (Wildman–Crippen LogP) is 9.34. The van der Waals surface area contributed by atoms with Crippen LogP contribution >= 0.6 is 67.1 Å². The molecule has 0 spiro atoms. The lowest BCUT2D eigenvalue weighted by Gasteiger charge is -2.23. The molecule has 2 aliphatic rings. The van der Waals surface area contributed by atoms with Gasteiger partial charge in [-0.2, -0.15) is 0 Å². The molecule has 0 saturated carbocycles. The summed E-state index contributed by atoms with van der Waals surface area (Å²) >= 11 is 2.73. The van der Waals surface area contributed by atoms with Gasteiger partial charge in [0.25, 0.3) is 8.89 Å². The minimum absolute atomic E-state index is 0.148. The molecule has 0 bridgehead atoms. The number of carbonyl (C=O) groups is 2. The van der Waals surface area contributed by atoms with Gasteiger partial charge in [0.15, 0.2) is 0 Å². The molecule has 4 nitrogen and oxygen atoms in total. The van der Waals surface area contributed by atoms with E-state index in [4.69, 9.17) is 0 Å². The maximum Gasteiger partial charge on any atom is 0.271 e. The smallest absolute Gasteiger partial charge is 0.271 e. The standard InChI is InChI=1S/C24H28N2O2S6/c27-23(29-25-15-3-1-4-16-25)33-31-21-11-7-19(8-12-21)20-9-13-22(14-10-20)32-34-24(28)30-26-17-5-2-6-18-26/h7-14H,1-6,15-18H2. The molecule has 10 heteroatoms. The maximum absolute atomic E-state index is 12.2. The highest BCUT2D eigenvalue weighted by Crippen LogP contribution is 2.39. The second-order valence-corrected chi connectivity index (χ2v) is 15.1. The third kappa shape index (κ3) is 9.03. The Morgan fingerprint density at radius 1 is 0.529 bits per heavy atom. The van der Waals surface area contributed by atoms with E-state index in [2.05, 4.69) is 57.1 Å². The molecule has 2 fully saturated rings. The molecule has 2 saturated heterocycles. The van der Waals surface area contributed by atoms with Crippen molar-refractivity contribution in [2.75, 3.05) is 26.2 Å². The van der Waals surface area contributed by atoms with Crippen molar-refractivity contribution in [1.82, 2.24) is 8.61 Å². The lowest BCUT2D eigenvalue weighted by Crippen LogP contribution is -2.23. The Labute approximate surface area is 227 Å². The maximum atomic E-state index is 12.2. The highest BCUT2D eigenvalue weighted by Gasteiger charge is 2.17. The first-order valence-corrected chi connectivity index (χ1v) is 17.3. The Morgan fingerprint density at radius 3 is 1.24 bits per heavy atom. The summed E-state index contributed by atoms with van der Waals surface area (Å²) in [4.78, 5) is 26.6. The number of hydrogen-bond donors (Lipinski definition) is 0. The first kappa shape index (κ1) is 26.9. The van der Waals surface area contributed by atoms with Crippen molar-refractivity contribution >= 4 is 76.0 Å². The van der Waals surface area contributed by atoms with Crippen molar-refractivity contribution in [2.24, 2.45) is 0 Å². The Balaban J connectivity index is 1.20. The van der Waals surface area contributed by atoms with Gasteiger partial charge in [0.1, 0.15) is 0 Å². The highest BCUT2D eigenvalue weighted by molar-refractivity contribution is 8.86. The molecule has 0 amide bonds. The van der Waals surface area contributed by atoms with Crippen molar-refractivity contribution in [3.63, 3.8) is 0 Å². The molecule has 34 heavy (non-hydrogen) atoms. The molecule has 0 unspecified atom stereocenters. The lowest BCUT2D eigenvalue weighted by atomic mass is 10.1. The van der Waals surface area contributed by atoms with E-state index in [1.165, 1.54) is 106 Å². The number of hydrogen-bond acceptors (Lipinski definition) is 10. The van der Waals surface area contributed by atoms with Crippen LogP contribution in [0.4, 0.5) is 9.59 Å². The van der Waals surface area contributed by atoms with Crippen LogP contribution in [-0.2, 0) is 0 Å². The quantitative estimate of drug-likeness (QED) is 0.238. The van der Waals surface area contributed by atoms with E-state index in [1.54, 1.807) is 0 Å². The largest absolute Gasteiger partial charge is 0.272 e. The molecule has 0 aromatic heterocycles. The van der Waals surface area contributed by atoms with Crippen LogP contribution in [0.15, 0.2) is 58.3 Å². The van der Waals surface area contributed by atoms with Crippen molar-refractivity contribution < 1.29 is 9.59 Å². The Kier molecular flexibility index (Phi) is 11.5. The summed E-state index contributed by atoms with van der Waals surface area (Å²) in [7, 11) is 5.66. The van der Waals surface area contributed by atoms with Crippen LogP contribution in [0.3, 0.4) is 0 Å². The molecule has 0 aliphatic carbocycles. The van der Waals surface area contributed by atoms with Crippen LogP contribution in [0.1, 0.15) is 38.5 Å². The fourth-order valence-corrected chi connectivity index (χ4v) is 9.54. The monoisotopic (exact) mass is 568 g/mol. The molecule has 0 radical (unpaired) electrons. The number of nitrogens with zero attached hydrogens (tertiary/aromatic N) is 2. The first-order chi connectivity index (χ1) is 16.7. The van der Waals surface area contributed by atoms with Gasteiger partial charge in [-0.1, -0.05) is 37.1 Å². The van der Waals surface area contributed by atoms with Gasteiger partial charge in [-0.15, -0.1) is 0 Å². The zero-order chi connectivity index (χ0) is 23.6. The minimum atomic E-state index is 0.148. The third-order valence-corrected chi connectivity index (χ3v) is 12.5. The SMILES string of the molecule is O=C(SSc1ccc(-c2ccc(SSC(=O)SN3CCCCC3)cc2)cc1)SN1CCCCC1. The summed E-state index contributed by atoms with van der Waals surface area (Å²) in [6.45, 7) is 4.06. The summed E-state index contributed by atoms with van der Waals surface area (Å²) in [6.07, 6.45) is 7.30. The van der Waals surface area contributed by atoms with E-state index in [0.717, 1.165) is 47.1 Å². The van der Waals surface area contributed by atoms with Crippen LogP contribution in [0, 0.1) is 0 Å². The molecule has 2 aliphatic heterocycles. The van der Waals surface area contributed by atoms with E-state index < -0.39 is 0 Å². The van der Waals surface area contributed by atoms with Gasteiger partial charge in [-0.25, -0.2) is 8.61 Å². The van der Waals surface area contributed by atoms with Crippen LogP contribution in [0.5, 0.6) is 0 Å². The predicted molar refractivity (Wildman–Crippen MR) is 156 cm³/mol. The number of rotatable bonds is 7. The van der Waals surface area contributed by atoms with E-state index in [-0.39, 0.29) is 8.89 Å². The van der Waals surface area contributed by atoms with E-state index >= 15 is 0 Å². The van der Waals surface area contributed by atoms with E-state index in [9.17, 15) is 9.59 Å². The number of piperidine rings is 2. The lowest BCUT2D eigenvalue weighted by molar-refractivity contribution is 0.274. The molecule has 4 rings (SSSR count). The van der Waals surface area contributed by atoms with Gasteiger partial charge in [-0.05, 0) is 104 Å². The van der Waals surface area contributed by atoms with Crippen molar-refractivity contribution in [2.45, 2.75) is 48.3 Å². The van der Waals surface area contributed by atoms with E-state index in [1.807, 2.05) is 0 Å². The summed E-state index contributed by atoms with van der Waals surface area (Å²) in [5.74, 6) is 0. The number of benzene rings is 2. The summed E-state index contributed by atoms with van der Waals surface area (Å²) < 4.78 is 4.67. The normalized spacial score (nSPS) is 17.5. The van der Waals surface area contributed by atoms with Gasteiger partial charge in [0.05, 0.1) is 0 Å². The summed E-state index contributed by atoms with van der Waals surface area (Å²) in [5.41, 5.74) is 2.29. The molecule has 182 valence electrons. The number of carbonyl (C=O) groups excluding carboxylic acids is 2. The van der Waals surface area contributed by atoms with Gasteiger partial charge < -0.3 is 0 Å². The van der Waals surface area contributed by atoms with Crippen LogP contribution in [0.2, 0.25) is 0 Å². The minimum Gasteiger partial charge on any atom is -0.272 e. The molecule has 2 aromatic carbocycles.